The van der Waals surface area contributed by atoms with E-state index in [4.69, 9.17) is 0 Å². The van der Waals surface area contributed by atoms with Gasteiger partial charge in [0.2, 0.25) is 0 Å². The molecule has 86 valence electrons. The lowest BCUT2D eigenvalue weighted by Crippen LogP contribution is -2.08. The third-order valence-electron chi connectivity index (χ3n) is 2.03. The zero-order chi connectivity index (χ0) is 11.7. The van der Waals surface area contributed by atoms with Crippen molar-refractivity contribution in [1.82, 2.24) is 0 Å². The topological polar surface area (TPSA) is 24.7 Å². The highest BCUT2D eigenvalue weighted by Crippen LogP contribution is 2.30. The highest BCUT2D eigenvalue weighted by molar-refractivity contribution is 5.66. The van der Waals surface area contributed by atoms with Crippen molar-refractivity contribution in [2.75, 3.05) is 0 Å². The van der Waals surface area contributed by atoms with Gasteiger partial charge in [-0.2, -0.15) is 0 Å². The first-order chi connectivity index (χ1) is 6.67. The van der Waals surface area contributed by atoms with Crippen LogP contribution in [0.5, 0.6) is 0 Å². The number of rotatable bonds is 2. The fraction of sp³-hybridized carbons (Fsp3) is 0.846. The lowest BCUT2D eigenvalue weighted by Gasteiger charge is -2.10. The fourth-order valence-electron chi connectivity index (χ4n) is 1.13. The molecule has 0 aromatic carbocycles. The molecule has 0 spiro atoms. The van der Waals surface area contributed by atoms with Crippen LogP contribution < -0.4 is 0 Å². The molecule has 0 heterocycles. The summed E-state index contributed by atoms with van der Waals surface area (Å²) in [6, 6.07) is 0.894. The minimum atomic E-state index is 0.195. The van der Waals surface area contributed by atoms with Gasteiger partial charge in [-0.25, -0.2) is 0 Å². The number of aliphatic imine (C=N–C) groups is 2. The lowest BCUT2D eigenvalue weighted by molar-refractivity contribution is 0.600. The van der Waals surface area contributed by atoms with Crippen LogP contribution in [0.4, 0.5) is 0 Å². The van der Waals surface area contributed by atoms with Crippen LogP contribution in [0.25, 0.3) is 0 Å². The normalized spacial score (nSPS) is 27.9. The Morgan fingerprint density at radius 3 is 1.40 bits per heavy atom. The molecule has 0 radical (unpaired) electrons. The van der Waals surface area contributed by atoms with Crippen molar-refractivity contribution < 1.29 is 0 Å². The van der Waals surface area contributed by atoms with Crippen molar-refractivity contribution in [3.8, 4) is 0 Å². The van der Waals surface area contributed by atoms with E-state index in [1.54, 1.807) is 0 Å². The molecule has 0 aromatic heterocycles. The first kappa shape index (κ1) is 12.4. The van der Waals surface area contributed by atoms with E-state index >= 15 is 0 Å². The Labute approximate surface area is 93.9 Å². The molecule has 2 heteroatoms. The molecule has 15 heavy (non-hydrogen) atoms. The van der Waals surface area contributed by atoms with Crippen LogP contribution in [0.15, 0.2) is 9.98 Å². The Morgan fingerprint density at radius 2 is 1.13 bits per heavy atom. The van der Waals surface area contributed by atoms with Crippen molar-refractivity contribution >= 4 is 12.4 Å². The van der Waals surface area contributed by atoms with Gasteiger partial charge in [-0.1, -0.05) is 41.5 Å². The highest BCUT2D eigenvalue weighted by atomic mass is 15.0. The van der Waals surface area contributed by atoms with Gasteiger partial charge in [0.25, 0.3) is 0 Å². The Hall–Kier alpha value is -0.660. The Balaban J connectivity index is 2.36. The van der Waals surface area contributed by atoms with E-state index < -0.39 is 0 Å². The second kappa shape index (κ2) is 4.07. The molecule has 0 aliphatic heterocycles. The standard InChI is InChI=1S/C13H24N2/c1-12(2,3)8-14-10-7-11(10)15-9-13(4,5)6/h8-11H,7H2,1-6H3/t10-,11-/m0/s1. The zero-order valence-corrected chi connectivity index (χ0v) is 10.9. The molecular formula is C13H24N2. The SMILES string of the molecule is CC(C)(C)C=N[C@H]1C[C@@H]1N=CC(C)(C)C. The minimum absolute atomic E-state index is 0.195. The van der Waals surface area contributed by atoms with E-state index in [0.29, 0.717) is 12.1 Å². The maximum atomic E-state index is 4.55. The van der Waals surface area contributed by atoms with Crippen LogP contribution in [-0.4, -0.2) is 24.5 Å². The summed E-state index contributed by atoms with van der Waals surface area (Å²) in [4.78, 5) is 9.10. The summed E-state index contributed by atoms with van der Waals surface area (Å²) < 4.78 is 0. The number of nitrogens with zero attached hydrogens (tertiary/aromatic N) is 2. The number of hydrogen-bond acceptors (Lipinski definition) is 2. The fourth-order valence-corrected chi connectivity index (χ4v) is 1.13. The molecule has 1 aliphatic rings. The van der Waals surface area contributed by atoms with Crippen LogP contribution in [0, 0.1) is 10.8 Å². The van der Waals surface area contributed by atoms with Crippen molar-refractivity contribution in [3.63, 3.8) is 0 Å². The molecule has 0 amide bonds. The highest BCUT2D eigenvalue weighted by Gasteiger charge is 2.36. The van der Waals surface area contributed by atoms with Crippen LogP contribution in [0.2, 0.25) is 0 Å². The third-order valence-corrected chi connectivity index (χ3v) is 2.03. The zero-order valence-electron chi connectivity index (χ0n) is 10.9. The third kappa shape index (κ3) is 5.71. The quantitative estimate of drug-likeness (QED) is 0.622. The van der Waals surface area contributed by atoms with Crippen molar-refractivity contribution in [1.29, 1.82) is 0 Å². The molecule has 1 aliphatic carbocycles. The summed E-state index contributed by atoms with van der Waals surface area (Å²) in [5, 5.41) is 0. The first-order valence-electron chi connectivity index (χ1n) is 5.76. The maximum Gasteiger partial charge on any atom is 0.0741 e. The predicted molar refractivity (Wildman–Crippen MR) is 68.1 cm³/mol. The summed E-state index contributed by atoms with van der Waals surface area (Å²) in [6.45, 7) is 13.0. The van der Waals surface area contributed by atoms with Crippen LogP contribution in [0.1, 0.15) is 48.0 Å². The molecule has 0 saturated heterocycles. The smallest absolute Gasteiger partial charge is 0.0741 e. The van der Waals surface area contributed by atoms with Crippen molar-refractivity contribution in [2.24, 2.45) is 20.8 Å². The van der Waals surface area contributed by atoms with Gasteiger partial charge >= 0.3 is 0 Å². The summed E-state index contributed by atoms with van der Waals surface area (Å²) in [5.41, 5.74) is 0.391. The summed E-state index contributed by atoms with van der Waals surface area (Å²) in [5.74, 6) is 0. The molecule has 2 atom stereocenters. The van der Waals surface area contributed by atoms with Gasteiger partial charge in [-0.15, -0.1) is 0 Å². The van der Waals surface area contributed by atoms with Gasteiger partial charge in [0.05, 0.1) is 12.1 Å². The van der Waals surface area contributed by atoms with Crippen molar-refractivity contribution in [2.45, 2.75) is 60.0 Å². The molecule has 0 aromatic rings. The molecular weight excluding hydrogens is 184 g/mol. The molecule has 0 unspecified atom stereocenters. The lowest BCUT2D eigenvalue weighted by atomic mass is 9.99. The summed E-state index contributed by atoms with van der Waals surface area (Å²) in [6.07, 6.45) is 5.24. The minimum Gasteiger partial charge on any atom is -0.291 e. The molecule has 0 bridgehead atoms. The predicted octanol–water partition coefficient (Wildman–Crippen LogP) is 3.36. The van der Waals surface area contributed by atoms with E-state index in [1.165, 1.54) is 0 Å². The first-order valence-corrected chi connectivity index (χ1v) is 5.76. The monoisotopic (exact) mass is 208 g/mol. The molecule has 1 fully saturated rings. The Morgan fingerprint density at radius 1 is 0.800 bits per heavy atom. The largest absolute Gasteiger partial charge is 0.291 e. The van der Waals surface area contributed by atoms with Gasteiger partial charge in [-0.05, 0) is 17.3 Å². The summed E-state index contributed by atoms with van der Waals surface area (Å²) >= 11 is 0. The van der Waals surface area contributed by atoms with E-state index in [-0.39, 0.29) is 10.8 Å². The second-order valence-corrected chi connectivity index (χ2v) is 6.66. The average Bonchev–Trinajstić information content (AvgIpc) is 2.73. The maximum absolute atomic E-state index is 4.55. The van der Waals surface area contributed by atoms with Gasteiger partial charge in [0.15, 0.2) is 0 Å². The van der Waals surface area contributed by atoms with Gasteiger partial charge in [-0.3, -0.25) is 9.98 Å². The molecule has 0 N–H and O–H groups in total. The molecule has 1 rings (SSSR count). The molecule has 1 saturated carbocycles. The number of hydrogen-bond donors (Lipinski definition) is 0. The average molecular weight is 208 g/mol. The second-order valence-electron chi connectivity index (χ2n) is 6.66. The molecule has 2 nitrogen and oxygen atoms in total. The van der Waals surface area contributed by atoms with Crippen LogP contribution in [-0.2, 0) is 0 Å². The van der Waals surface area contributed by atoms with E-state index in [2.05, 4.69) is 64.0 Å². The van der Waals surface area contributed by atoms with E-state index in [1.807, 2.05) is 0 Å². The van der Waals surface area contributed by atoms with Crippen LogP contribution >= 0.6 is 0 Å². The van der Waals surface area contributed by atoms with Crippen molar-refractivity contribution in [3.05, 3.63) is 0 Å². The Bertz CT molecular complexity index is 235. The Kier molecular flexibility index (Phi) is 3.37. The van der Waals surface area contributed by atoms with Gasteiger partial charge < -0.3 is 0 Å². The van der Waals surface area contributed by atoms with E-state index in [9.17, 15) is 0 Å². The van der Waals surface area contributed by atoms with E-state index in [0.717, 1.165) is 6.42 Å². The van der Waals surface area contributed by atoms with Gasteiger partial charge in [0.1, 0.15) is 0 Å². The van der Waals surface area contributed by atoms with Crippen LogP contribution in [0.3, 0.4) is 0 Å². The summed E-state index contributed by atoms with van der Waals surface area (Å²) in [7, 11) is 0. The van der Waals surface area contributed by atoms with Gasteiger partial charge in [0, 0.05) is 12.4 Å².